The van der Waals surface area contributed by atoms with E-state index in [4.69, 9.17) is 4.74 Å². The Morgan fingerprint density at radius 3 is 3.00 bits per heavy atom. The molecular formula is C13H20N2O2S2. The topological polar surface area (TPSA) is 50.4 Å². The van der Waals surface area contributed by atoms with Gasteiger partial charge in [-0.05, 0) is 26.8 Å². The molecule has 1 unspecified atom stereocenters. The SMILES string of the molecule is COC(C)(C)CNC(C)c1cc2c(s1)SCC(=O)N2. The normalized spacial score (nSPS) is 16.9. The maximum atomic E-state index is 11.3. The Balaban J connectivity index is 2.00. The van der Waals surface area contributed by atoms with Gasteiger partial charge >= 0.3 is 0 Å². The van der Waals surface area contributed by atoms with Gasteiger partial charge in [-0.25, -0.2) is 0 Å². The van der Waals surface area contributed by atoms with Gasteiger partial charge < -0.3 is 15.4 Å². The number of hydrogen-bond donors (Lipinski definition) is 2. The number of nitrogens with one attached hydrogen (secondary N) is 2. The van der Waals surface area contributed by atoms with Gasteiger partial charge in [0.2, 0.25) is 5.91 Å². The Hall–Kier alpha value is -0.560. The number of carbonyl (C=O) groups is 1. The van der Waals surface area contributed by atoms with Gasteiger partial charge in [-0.2, -0.15) is 0 Å². The predicted octanol–water partition coefficient (Wildman–Crippen LogP) is 2.87. The second-order valence-corrected chi connectivity index (χ2v) is 7.58. The molecule has 0 saturated heterocycles. The van der Waals surface area contributed by atoms with Crippen molar-refractivity contribution in [3.05, 3.63) is 10.9 Å². The number of methoxy groups -OCH3 is 1. The van der Waals surface area contributed by atoms with Crippen LogP contribution in [-0.4, -0.2) is 30.9 Å². The van der Waals surface area contributed by atoms with Crippen LogP contribution in [0.1, 0.15) is 31.7 Å². The number of thiophene rings is 1. The molecule has 0 radical (unpaired) electrons. The van der Waals surface area contributed by atoms with Crippen molar-refractivity contribution in [1.82, 2.24) is 5.32 Å². The van der Waals surface area contributed by atoms with Gasteiger partial charge in [0.05, 0.1) is 21.3 Å². The number of amides is 1. The number of anilines is 1. The molecule has 1 aliphatic rings. The van der Waals surface area contributed by atoms with E-state index in [1.165, 1.54) is 9.09 Å². The molecule has 0 saturated carbocycles. The van der Waals surface area contributed by atoms with E-state index in [1.807, 2.05) is 0 Å². The summed E-state index contributed by atoms with van der Waals surface area (Å²) >= 11 is 3.37. The summed E-state index contributed by atoms with van der Waals surface area (Å²) < 4.78 is 6.60. The molecule has 0 aromatic carbocycles. The van der Waals surface area contributed by atoms with Crippen LogP contribution < -0.4 is 10.6 Å². The van der Waals surface area contributed by atoms with Gasteiger partial charge in [0.1, 0.15) is 0 Å². The summed E-state index contributed by atoms with van der Waals surface area (Å²) in [5.41, 5.74) is 0.787. The molecule has 2 heterocycles. The Bertz CT molecular complexity index is 471. The monoisotopic (exact) mass is 300 g/mol. The zero-order valence-corrected chi connectivity index (χ0v) is 13.3. The molecule has 1 aliphatic heterocycles. The van der Waals surface area contributed by atoms with E-state index in [0.29, 0.717) is 5.75 Å². The third-order valence-corrected chi connectivity index (χ3v) is 5.74. The average Bonchev–Trinajstić information content (AvgIpc) is 2.79. The van der Waals surface area contributed by atoms with E-state index < -0.39 is 0 Å². The fourth-order valence-corrected chi connectivity index (χ4v) is 3.86. The number of rotatable bonds is 5. The third-order valence-electron chi connectivity index (χ3n) is 3.14. The molecule has 2 rings (SSSR count). The van der Waals surface area contributed by atoms with Gasteiger partial charge in [-0.1, -0.05) is 0 Å². The number of thioether (sulfide) groups is 1. The number of fused-ring (bicyclic) bond motifs is 1. The van der Waals surface area contributed by atoms with Crippen LogP contribution in [0.3, 0.4) is 0 Å². The van der Waals surface area contributed by atoms with Gasteiger partial charge in [0.15, 0.2) is 0 Å². The van der Waals surface area contributed by atoms with Crippen LogP contribution in [0.25, 0.3) is 0 Å². The first kappa shape index (κ1) is 14.8. The average molecular weight is 300 g/mol. The number of ether oxygens (including phenoxy) is 1. The summed E-state index contributed by atoms with van der Waals surface area (Å²) in [5.74, 6) is 0.605. The van der Waals surface area contributed by atoms with Crippen molar-refractivity contribution in [2.45, 2.75) is 36.6 Å². The Morgan fingerprint density at radius 2 is 2.32 bits per heavy atom. The fraction of sp³-hybridized carbons (Fsp3) is 0.615. The minimum atomic E-state index is -0.173. The number of carbonyl (C=O) groups excluding carboxylic acids is 1. The highest BCUT2D eigenvalue weighted by molar-refractivity contribution is 8.02. The minimum absolute atomic E-state index is 0.0861. The smallest absolute Gasteiger partial charge is 0.234 e. The van der Waals surface area contributed by atoms with Crippen molar-refractivity contribution in [2.75, 3.05) is 24.7 Å². The van der Waals surface area contributed by atoms with E-state index >= 15 is 0 Å². The summed E-state index contributed by atoms with van der Waals surface area (Å²) in [6.07, 6.45) is 0. The lowest BCUT2D eigenvalue weighted by atomic mass is 10.1. The molecule has 1 aromatic heterocycles. The predicted molar refractivity (Wildman–Crippen MR) is 81.2 cm³/mol. The van der Waals surface area contributed by atoms with Crippen LogP contribution in [-0.2, 0) is 9.53 Å². The first-order chi connectivity index (χ1) is 8.91. The molecule has 0 aliphatic carbocycles. The van der Waals surface area contributed by atoms with Crippen LogP contribution >= 0.6 is 23.1 Å². The lowest BCUT2D eigenvalue weighted by Gasteiger charge is -2.25. The molecule has 106 valence electrons. The van der Waals surface area contributed by atoms with Crippen molar-refractivity contribution < 1.29 is 9.53 Å². The molecule has 1 aromatic rings. The lowest BCUT2D eigenvalue weighted by Crippen LogP contribution is -2.37. The highest BCUT2D eigenvalue weighted by Crippen LogP contribution is 2.40. The molecule has 19 heavy (non-hydrogen) atoms. The molecule has 0 spiro atoms. The van der Waals surface area contributed by atoms with E-state index in [1.54, 1.807) is 30.2 Å². The van der Waals surface area contributed by atoms with Crippen molar-refractivity contribution in [1.29, 1.82) is 0 Å². The zero-order valence-electron chi connectivity index (χ0n) is 11.7. The lowest BCUT2D eigenvalue weighted by molar-refractivity contribution is -0.113. The second-order valence-electron chi connectivity index (χ2n) is 5.25. The number of hydrogen-bond acceptors (Lipinski definition) is 5. The third kappa shape index (κ3) is 3.72. The van der Waals surface area contributed by atoms with Crippen LogP contribution in [0.5, 0.6) is 0 Å². The van der Waals surface area contributed by atoms with Crippen molar-refractivity contribution >= 4 is 34.7 Å². The second kappa shape index (κ2) is 5.83. The van der Waals surface area contributed by atoms with Crippen LogP contribution in [0, 0.1) is 0 Å². The summed E-state index contributed by atoms with van der Waals surface area (Å²) in [5, 5.41) is 6.39. The van der Waals surface area contributed by atoms with Crippen molar-refractivity contribution in [3.8, 4) is 0 Å². The van der Waals surface area contributed by atoms with Crippen LogP contribution in [0.15, 0.2) is 10.3 Å². The standard InChI is InChI=1S/C13H20N2O2S2/c1-8(14-7-13(2,3)17-4)10-5-9-12(19-10)18-6-11(16)15-9/h5,8,14H,6-7H2,1-4H3,(H,15,16). The summed E-state index contributed by atoms with van der Waals surface area (Å²) in [7, 11) is 1.72. The minimum Gasteiger partial charge on any atom is -0.377 e. The van der Waals surface area contributed by atoms with E-state index in [-0.39, 0.29) is 17.6 Å². The molecule has 1 amide bonds. The van der Waals surface area contributed by atoms with E-state index in [0.717, 1.165) is 12.2 Å². The molecule has 2 N–H and O–H groups in total. The van der Waals surface area contributed by atoms with Gasteiger partial charge in [-0.3, -0.25) is 4.79 Å². The maximum Gasteiger partial charge on any atom is 0.234 e. The van der Waals surface area contributed by atoms with Crippen molar-refractivity contribution in [2.24, 2.45) is 0 Å². The van der Waals surface area contributed by atoms with E-state index in [9.17, 15) is 4.79 Å². The van der Waals surface area contributed by atoms with Gasteiger partial charge in [0, 0.05) is 24.6 Å². The molecule has 6 heteroatoms. The fourth-order valence-electron chi connectivity index (χ4n) is 1.69. The van der Waals surface area contributed by atoms with E-state index in [2.05, 4.69) is 37.5 Å². The summed E-state index contributed by atoms with van der Waals surface area (Å²) in [6, 6.07) is 2.32. The van der Waals surface area contributed by atoms with Gasteiger partial charge in [0.25, 0.3) is 0 Å². The quantitative estimate of drug-likeness (QED) is 0.878. The Kier molecular flexibility index (Phi) is 4.55. The summed E-state index contributed by atoms with van der Waals surface area (Å²) in [6.45, 7) is 7.03. The zero-order chi connectivity index (χ0) is 14.0. The largest absolute Gasteiger partial charge is 0.377 e. The molecule has 1 atom stereocenters. The molecule has 4 nitrogen and oxygen atoms in total. The van der Waals surface area contributed by atoms with Crippen LogP contribution in [0.4, 0.5) is 5.69 Å². The molecule has 0 fully saturated rings. The first-order valence-electron chi connectivity index (χ1n) is 6.26. The first-order valence-corrected chi connectivity index (χ1v) is 8.06. The Labute approximate surface area is 122 Å². The summed E-state index contributed by atoms with van der Waals surface area (Å²) in [4.78, 5) is 12.6. The van der Waals surface area contributed by atoms with Crippen LogP contribution in [0.2, 0.25) is 0 Å². The maximum absolute atomic E-state index is 11.3. The van der Waals surface area contributed by atoms with Crippen molar-refractivity contribution in [3.63, 3.8) is 0 Å². The molecular weight excluding hydrogens is 280 g/mol. The highest BCUT2D eigenvalue weighted by atomic mass is 32.2. The Morgan fingerprint density at radius 1 is 1.58 bits per heavy atom. The highest BCUT2D eigenvalue weighted by Gasteiger charge is 2.22. The van der Waals surface area contributed by atoms with Gasteiger partial charge in [-0.15, -0.1) is 23.1 Å². The molecule has 0 bridgehead atoms.